The number of fused-ring (bicyclic) bond motifs is 2. The largest absolute Gasteiger partial charge is 0.386 e. The first-order valence-electron chi connectivity index (χ1n) is 13.8. The van der Waals surface area contributed by atoms with E-state index in [2.05, 4.69) is 41.8 Å². The highest BCUT2D eigenvalue weighted by molar-refractivity contribution is 6.02. The lowest BCUT2D eigenvalue weighted by atomic mass is 9.58. The minimum atomic E-state index is -0.721. The van der Waals surface area contributed by atoms with Crippen LogP contribution in [0.3, 0.4) is 0 Å². The average Bonchev–Trinajstić information content (AvgIpc) is 3.19. The highest BCUT2D eigenvalue weighted by atomic mass is 16.3. The standard InChI is InChI=1S/C33H38N2O3/c1-22-24-11-8-14-30(36)33(22,2)28(20-17-24)32(38)35-26-18-15-23(16-19-26)21-27-12-6-7-13-29(34-27)31(37)25-9-4-3-5-10-25/h3-5,7-11,13-16,18-19,22,27-29,31,34,37H,6,12,17,20-21H2,1-2H3,(H,35,38). The van der Waals surface area contributed by atoms with Crippen molar-refractivity contribution in [1.82, 2.24) is 5.32 Å². The number of ketones is 1. The maximum atomic E-state index is 13.4. The zero-order valence-electron chi connectivity index (χ0n) is 22.3. The predicted octanol–water partition coefficient (Wildman–Crippen LogP) is 5.70. The highest BCUT2D eigenvalue weighted by Gasteiger charge is 2.51. The summed E-state index contributed by atoms with van der Waals surface area (Å²) in [6, 6.07) is 17.9. The molecule has 1 fully saturated rings. The first-order valence-corrected chi connectivity index (χ1v) is 13.8. The van der Waals surface area contributed by atoms with E-state index in [1.165, 1.54) is 11.1 Å². The Kier molecular flexibility index (Phi) is 7.78. The van der Waals surface area contributed by atoms with Crippen LogP contribution in [0, 0.1) is 17.3 Å². The van der Waals surface area contributed by atoms with E-state index in [1.807, 2.05) is 61.5 Å². The molecule has 0 radical (unpaired) electrons. The van der Waals surface area contributed by atoms with Gasteiger partial charge in [0, 0.05) is 17.1 Å². The summed E-state index contributed by atoms with van der Waals surface area (Å²) in [7, 11) is 0. The van der Waals surface area contributed by atoms with Crippen molar-refractivity contribution in [3.05, 3.63) is 102 Å². The Morgan fingerprint density at radius 3 is 2.66 bits per heavy atom. The molecule has 0 aromatic heterocycles. The monoisotopic (exact) mass is 510 g/mol. The molecular formula is C33H38N2O3. The number of hydrogen-bond donors (Lipinski definition) is 3. The van der Waals surface area contributed by atoms with Crippen molar-refractivity contribution < 1.29 is 14.7 Å². The van der Waals surface area contributed by atoms with Crippen molar-refractivity contribution in [3.63, 3.8) is 0 Å². The molecule has 1 amide bonds. The van der Waals surface area contributed by atoms with Crippen molar-refractivity contribution in [2.24, 2.45) is 17.3 Å². The van der Waals surface area contributed by atoms with E-state index in [0.717, 1.165) is 36.9 Å². The van der Waals surface area contributed by atoms with E-state index in [-0.39, 0.29) is 35.6 Å². The van der Waals surface area contributed by atoms with E-state index in [0.29, 0.717) is 6.42 Å². The molecule has 0 saturated heterocycles. The van der Waals surface area contributed by atoms with Crippen molar-refractivity contribution in [2.75, 3.05) is 5.32 Å². The van der Waals surface area contributed by atoms with Crippen LogP contribution in [0.15, 0.2) is 90.6 Å². The summed E-state index contributed by atoms with van der Waals surface area (Å²) in [5, 5.41) is 17.7. The van der Waals surface area contributed by atoms with Gasteiger partial charge in [-0.2, -0.15) is 0 Å². The zero-order valence-corrected chi connectivity index (χ0v) is 22.3. The number of aliphatic hydroxyl groups is 1. The quantitative estimate of drug-likeness (QED) is 0.436. The van der Waals surface area contributed by atoms with Crippen LogP contribution in [-0.4, -0.2) is 28.9 Å². The molecule has 2 aliphatic carbocycles. The summed E-state index contributed by atoms with van der Waals surface area (Å²) < 4.78 is 0. The molecule has 5 rings (SSSR count). The van der Waals surface area contributed by atoms with Crippen LogP contribution in [0.5, 0.6) is 0 Å². The molecule has 3 N–H and O–H groups in total. The molecular weight excluding hydrogens is 472 g/mol. The lowest BCUT2D eigenvalue weighted by Gasteiger charge is -2.44. The highest BCUT2D eigenvalue weighted by Crippen LogP contribution is 2.50. The van der Waals surface area contributed by atoms with Gasteiger partial charge in [-0.1, -0.05) is 86.2 Å². The van der Waals surface area contributed by atoms with Gasteiger partial charge in [-0.05, 0) is 67.4 Å². The molecule has 1 heterocycles. The summed E-state index contributed by atoms with van der Waals surface area (Å²) in [5.41, 5.74) is 3.36. The van der Waals surface area contributed by atoms with E-state index in [4.69, 9.17) is 0 Å². The lowest BCUT2D eigenvalue weighted by molar-refractivity contribution is -0.138. The number of nitrogens with one attached hydrogen (secondary N) is 2. The molecule has 3 aliphatic rings. The molecule has 6 unspecified atom stereocenters. The third-order valence-electron chi connectivity index (χ3n) is 8.94. The maximum Gasteiger partial charge on any atom is 0.228 e. The molecule has 2 aromatic rings. The zero-order chi connectivity index (χ0) is 26.7. The second kappa shape index (κ2) is 11.2. The summed E-state index contributed by atoms with van der Waals surface area (Å²) in [4.78, 5) is 26.4. The number of carbonyl (C=O) groups excluding carboxylic acids is 2. The van der Waals surface area contributed by atoms with Crippen LogP contribution in [-0.2, 0) is 16.0 Å². The molecule has 0 spiro atoms. The van der Waals surface area contributed by atoms with Crippen LogP contribution in [0.25, 0.3) is 0 Å². The number of allylic oxidation sites excluding steroid dienone is 5. The molecule has 2 aromatic carbocycles. The summed E-state index contributed by atoms with van der Waals surface area (Å²) in [5.74, 6) is -0.362. The summed E-state index contributed by atoms with van der Waals surface area (Å²) in [6.45, 7) is 4.03. The fraction of sp³-hybridized carbons (Fsp3) is 0.394. The Morgan fingerprint density at radius 2 is 1.89 bits per heavy atom. The molecule has 1 saturated carbocycles. The van der Waals surface area contributed by atoms with Gasteiger partial charge in [0.2, 0.25) is 5.91 Å². The number of amides is 1. The Balaban J connectivity index is 1.22. The van der Waals surface area contributed by atoms with Gasteiger partial charge in [0.05, 0.1) is 18.1 Å². The van der Waals surface area contributed by atoms with E-state index < -0.39 is 11.5 Å². The molecule has 2 bridgehead atoms. The minimum absolute atomic E-state index is 0.0347. The van der Waals surface area contributed by atoms with Gasteiger partial charge in [-0.15, -0.1) is 0 Å². The van der Waals surface area contributed by atoms with Gasteiger partial charge in [0.1, 0.15) is 0 Å². The fourth-order valence-corrected chi connectivity index (χ4v) is 6.37. The maximum absolute atomic E-state index is 13.4. The third kappa shape index (κ3) is 5.31. The van der Waals surface area contributed by atoms with E-state index in [9.17, 15) is 14.7 Å². The first-order chi connectivity index (χ1) is 18.4. The number of rotatable bonds is 6. The van der Waals surface area contributed by atoms with Crippen molar-refractivity contribution >= 4 is 17.4 Å². The summed E-state index contributed by atoms with van der Waals surface area (Å²) in [6.07, 6.45) is 13.5. The van der Waals surface area contributed by atoms with Crippen molar-refractivity contribution in [2.45, 2.75) is 64.1 Å². The number of anilines is 1. The molecule has 5 heteroatoms. The number of aliphatic hydroxyl groups excluding tert-OH is 1. The first kappa shape index (κ1) is 26.3. The number of carbonyl (C=O) groups is 2. The number of benzene rings is 2. The molecule has 5 nitrogen and oxygen atoms in total. The predicted molar refractivity (Wildman–Crippen MR) is 151 cm³/mol. The van der Waals surface area contributed by atoms with Crippen LogP contribution in [0.1, 0.15) is 56.8 Å². The fourth-order valence-electron chi connectivity index (χ4n) is 6.37. The van der Waals surface area contributed by atoms with Gasteiger partial charge in [-0.3, -0.25) is 9.59 Å². The van der Waals surface area contributed by atoms with E-state index >= 15 is 0 Å². The van der Waals surface area contributed by atoms with Crippen LogP contribution in [0.4, 0.5) is 5.69 Å². The lowest BCUT2D eigenvalue weighted by Crippen LogP contribution is -2.49. The Morgan fingerprint density at radius 1 is 1.13 bits per heavy atom. The molecule has 198 valence electrons. The average molecular weight is 511 g/mol. The molecule has 38 heavy (non-hydrogen) atoms. The van der Waals surface area contributed by atoms with Gasteiger partial charge in [-0.25, -0.2) is 0 Å². The number of hydrogen-bond acceptors (Lipinski definition) is 4. The van der Waals surface area contributed by atoms with Crippen molar-refractivity contribution in [1.29, 1.82) is 0 Å². The van der Waals surface area contributed by atoms with Gasteiger partial charge in [0.15, 0.2) is 5.78 Å². The van der Waals surface area contributed by atoms with Gasteiger partial charge in [0.25, 0.3) is 0 Å². The van der Waals surface area contributed by atoms with Crippen LogP contribution < -0.4 is 10.6 Å². The van der Waals surface area contributed by atoms with Crippen LogP contribution >= 0.6 is 0 Å². The minimum Gasteiger partial charge on any atom is -0.386 e. The van der Waals surface area contributed by atoms with Crippen molar-refractivity contribution in [3.8, 4) is 0 Å². The SMILES string of the molecule is CC1C2=CC=CC(=O)C1(C)C(C(=O)Nc1ccc(CC3CCC=CC(C(O)c4ccccc4)N3)cc1)CC2. The van der Waals surface area contributed by atoms with E-state index in [1.54, 1.807) is 6.08 Å². The topological polar surface area (TPSA) is 78.4 Å². The Labute approximate surface area is 225 Å². The normalized spacial score (nSPS) is 29.7. The third-order valence-corrected chi connectivity index (χ3v) is 8.94. The second-order valence-electron chi connectivity index (χ2n) is 11.2. The van der Waals surface area contributed by atoms with Gasteiger partial charge < -0.3 is 15.7 Å². The molecule has 6 atom stereocenters. The molecule has 1 aliphatic heterocycles. The summed E-state index contributed by atoms with van der Waals surface area (Å²) >= 11 is 0. The van der Waals surface area contributed by atoms with Crippen LogP contribution in [0.2, 0.25) is 0 Å². The Hall–Kier alpha value is -3.28. The van der Waals surface area contributed by atoms with Gasteiger partial charge >= 0.3 is 0 Å². The Bertz CT molecular complexity index is 1250. The second-order valence-corrected chi connectivity index (χ2v) is 11.2. The smallest absolute Gasteiger partial charge is 0.228 e.